The standard InChI is InChI=1S/C18H16ClNO5/c1-25-18(24)13-3-2-4-14(17(13)23)20-16(22)10-9-15(21)11-5-7-12(19)8-6-11/h2-8,23H,9-10H2,1H3,(H,20,22). The summed E-state index contributed by atoms with van der Waals surface area (Å²) in [7, 11) is 1.19. The van der Waals surface area contributed by atoms with Crippen LogP contribution < -0.4 is 5.32 Å². The number of ketones is 1. The minimum Gasteiger partial charge on any atom is -0.505 e. The number of methoxy groups -OCH3 is 1. The molecule has 1 amide bonds. The summed E-state index contributed by atoms with van der Waals surface area (Å²) in [5.74, 6) is -1.75. The van der Waals surface area contributed by atoms with Crippen molar-refractivity contribution in [3.8, 4) is 5.75 Å². The lowest BCUT2D eigenvalue weighted by Gasteiger charge is -2.10. The van der Waals surface area contributed by atoms with Gasteiger partial charge in [-0.15, -0.1) is 0 Å². The van der Waals surface area contributed by atoms with Crippen molar-refractivity contribution in [3.63, 3.8) is 0 Å². The highest BCUT2D eigenvalue weighted by atomic mass is 35.5. The average Bonchev–Trinajstić information content (AvgIpc) is 2.61. The first kappa shape index (κ1) is 18.5. The molecule has 7 heteroatoms. The van der Waals surface area contributed by atoms with E-state index in [0.717, 1.165) is 0 Å². The summed E-state index contributed by atoms with van der Waals surface area (Å²) in [6.45, 7) is 0. The van der Waals surface area contributed by atoms with Gasteiger partial charge in [-0.1, -0.05) is 17.7 Å². The fourth-order valence-corrected chi connectivity index (χ4v) is 2.26. The number of phenolic OH excluding ortho intramolecular Hbond substituents is 1. The van der Waals surface area contributed by atoms with Gasteiger partial charge in [0.15, 0.2) is 11.5 Å². The van der Waals surface area contributed by atoms with E-state index in [1.807, 2.05) is 0 Å². The second kappa shape index (κ2) is 8.30. The van der Waals surface area contributed by atoms with E-state index in [1.54, 1.807) is 24.3 Å². The fourth-order valence-electron chi connectivity index (χ4n) is 2.14. The van der Waals surface area contributed by atoms with E-state index < -0.39 is 11.9 Å². The lowest BCUT2D eigenvalue weighted by molar-refractivity contribution is -0.116. The SMILES string of the molecule is COC(=O)c1cccc(NC(=O)CCC(=O)c2ccc(Cl)cc2)c1O. The summed E-state index contributed by atoms with van der Waals surface area (Å²) in [5.41, 5.74) is 0.483. The summed E-state index contributed by atoms with van der Waals surface area (Å²) in [4.78, 5) is 35.5. The van der Waals surface area contributed by atoms with Gasteiger partial charge in [0.25, 0.3) is 0 Å². The molecule has 0 unspecified atom stereocenters. The summed E-state index contributed by atoms with van der Waals surface area (Å²) in [6, 6.07) is 10.7. The normalized spacial score (nSPS) is 10.2. The van der Waals surface area contributed by atoms with Gasteiger partial charge in [-0.2, -0.15) is 0 Å². The smallest absolute Gasteiger partial charge is 0.341 e. The van der Waals surface area contributed by atoms with Crippen LogP contribution in [-0.4, -0.2) is 29.9 Å². The molecule has 130 valence electrons. The van der Waals surface area contributed by atoms with Crippen LogP contribution in [0.15, 0.2) is 42.5 Å². The van der Waals surface area contributed by atoms with E-state index in [0.29, 0.717) is 10.6 Å². The van der Waals surface area contributed by atoms with Crippen LogP contribution in [0, 0.1) is 0 Å². The zero-order chi connectivity index (χ0) is 18.4. The van der Waals surface area contributed by atoms with Gasteiger partial charge in [0.05, 0.1) is 12.8 Å². The number of para-hydroxylation sites is 1. The highest BCUT2D eigenvalue weighted by molar-refractivity contribution is 6.30. The maximum Gasteiger partial charge on any atom is 0.341 e. The number of ether oxygens (including phenoxy) is 1. The van der Waals surface area contributed by atoms with Crippen molar-refractivity contribution in [2.75, 3.05) is 12.4 Å². The third-order valence-electron chi connectivity index (χ3n) is 3.46. The first-order valence-corrected chi connectivity index (χ1v) is 7.79. The number of aromatic hydroxyl groups is 1. The van der Waals surface area contributed by atoms with Gasteiger partial charge in [-0.25, -0.2) is 4.79 Å². The minimum absolute atomic E-state index is 0.00488. The lowest BCUT2D eigenvalue weighted by atomic mass is 10.1. The predicted octanol–water partition coefficient (Wildman–Crippen LogP) is 3.43. The quantitative estimate of drug-likeness (QED) is 0.467. The van der Waals surface area contributed by atoms with E-state index in [1.165, 1.54) is 25.3 Å². The third kappa shape index (κ3) is 4.81. The Morgan fingerprint density at radius 2 is 1.76 bits per heavy atom. The molecule has 25 heavy (non-hydrogen) atoms. The van der Waals surface area contributed by atoms with Gasteiger partial charge in [0.1, 0.15) is 5.56 Å². The van der Waals surface area contributed by atoms with Crippen LogP contribution in [0.1, 0.15) is 33.6 Å². The van der Waals surface area contributed by atoms with Gasteiger partial charge in [0.2, 0.25) is 5.91 Å². The van der Waals surface area contributed by atoms with Crippen molar-refractivity contribution in [1.82, 2.24) is 0 Å². The topological polar surface area (TPSA) is 92.7 Å². The Kier molecular flexibility index (Phi) is 6.14. The molecule has 0 radical (unpaired) electrons. The number of Topliss-reactive ketones (excluding diaryl/α,β-unsaturated/α-hetero) is 1. The molecule has 2 aromatic carbocycles. The fraction of sp³-hybridized carbons (Fsp3) is 0.167. The van der Waals surface area contributed by atoms with Gasteiger partial charge >= 0.3 is 5.97 Å². The summed E-state index contributed by atoms with van der Waals surface area (Å²) >= 11 is 5.76. The number of anilines is 1. The van der Waals surface area contributed by atoms with Crippen LogP contribution in [0.25, 0.3) is 0 Å². The molecule has 0 aliphatic carbocycles. The molecule has 0 fully saturated rings. The van der Waals surface area contributed by atoms with Gasteiger partial charge in [-0.3, -0.25) is 9.59 Å². The molecule has 0 saturated carbocycles. The Balaban J connectivity index is 1.97. The van der Waals surface area contributed by atoms with E-state index in [9.17, 15) is 19.5 Å². The zero-order valence-electron chi connectivity index (χ0n) is 13.4. The average molecular weight is 362 g/mol. The van der Waals surface area contributed by atoms with Crippen molar-refractivity contribution < 1.29 is 24.2 Å². The van der Waals surface area contributed by atoms with Crippen LogP contribution in [0.4, 0.5) is 5.69 Å². The number of esters is 1. The van der Waals surface area contributed by atoms with Crippen LogP contribution >= 0.6 is 11.6 Å². The lowest BCUT2D eigenvalue weighted by Crippen LogP contribution is -2.14. The van der Waals surface area contributed by atoms with Crippen molar-refractivity contribution in [3.05, 3.63) is 58.6 Å². The molecule has 0 spiro atoms. The molecular weight excluding hydrogens is 346 g/mol. The second-order valence-electron chi connectivity index (χ2n) is 5.17. The van der Waals surface area contributed by atoms with Crippen LogP contribution in [0.3, 0.4) is 0 Å². The summed E-state index contributed by atoms with van der Waals surface area (Å²) in [5, 5.41) is 13.0. The molecule has 0 aliphatic rings. The summed E-state index contributed by atoms with van der Waals surface area (Å²) < 4.78 is 4.55. The Bertz CT molecular complexity index is 802. The third-order valence-corrected chi connectivity index (χ3v) is 3.71. The van der Waals surface area contributed by atoms with Crippen molar-refractivity contribution in [1.29, 1.82) is 0 Å². The molecule has 2 rings (SSSR count). The van der Waals surface area contributed by atoms with Crippen molar-refractivity contribution in [2.24, 2.45) is 0 Å². The van der Waals surface area contributed by atoms with E-state index in [-0.39, 0.29) is 35.6 Å². The molecule has 0 saturated heterocycles. The molecule has 0 heterocycles. The predicted molar refractivity (Wildman–Crippen MR) is 93.1 cm³/mol. The minimum atomic E-state index is -0.716. The molecule has 0 bridgehead atoms. The largest absolute Gasteiger partial charge is 0.505 e. The van der Waals surface area contributed by atoms with Crippen LogP contribution in [0.2, 0.25) is 5.02 Å². The number of benzene rings is 2. The highest BCUT2D eigenvalue weighted by Crippen LogP contribution is 2.28. The van der Waals surface area contributed by atoms with Crippen molar-refractivity contribution >= 4 is 34.9 Å². The molecule has 0 aliphatic heterocycles. The van der Waals surface area contributed by atoms with Crippen LogP contribution in [-0.2, 0) is 9.53 Å². The monoisotopic (exact) mass is 361 g/mol. The van der Waals surface area contributed by atoms with E-state index >= 15 is 0 Å². The number of nitrogens with one attached hydrogen (secondary N) is 1. The number of halogens is 1. The number of rotatable bonds is 6. The van der Waals surface area contributed by atoms with Gasteiger partial charge in [0, 0.05) is 23.4 Å². The molecule has 6 nitrogen and oxygen atoms in total. The van der Waals surface area contributed by atoms with Gasteiger partial charge < -0.3 is 15.2 Å². The maximum atomic E-state index is 12.0. The number of carbonyl (C=O) groups excluding carboxylic acids is 3. The Morgan fingerprint density at radius 1 is 1.08 bits per heavy atom. The van der Waals surface area contributed by atoms with Gasteiger partial charge in [-0.05, 0) is 36.4 Å². The number of amides is 1. The number of carbonyl (C=O) groups is 3. The first-order valence-electron chi connectivity index (χ1n) is 7.41. The Morgan fingerprint density at radius 3 is 2.40 bits per heavy atom. The Hall–Kier alpha value is -2.86. The number of hydrogen-bond donors (Lipinski definition) is 2. The van der Waals surface area contributed by atoms with E-state index in [2.05, 4.69) is 10.1 Å². The Labute approximate surface area is 149 Å². The second-order valence-corrected chi connectivity index (χ2v) is 5.61. The zero-order valence-corrected chi connectivity index (χ0v) is 14.2. The molecule has 0 aromatic heterocycles. The highest BCUT2D eigenvalue weighted by Gasteiger charge is 2.16. The molecule has 0 atom stereocenters. The number of phenols is 1. The first-order chi connectivity index (χ1) is 11.9. The maximum absolute atomic E-state index is 12.0. The molecule has 2 N–H and O–H groups in total. The summed E-state index contributed by atoms with van der Waals surface area (Å²) in [6.07, 6.45) is -0.0612. The molecule has 2 aromatic rings. The number of hydrogen-bond acceptors (Lipinski definition) is 5. The van der Waals surface area contributed by atoms with E-state index in [4.69, 9.17) is 11.6 Å². The van der Waals surface area contributed by atoms with Crippen LogP contribution in [0.5, 0.6) is 5.75 Å². The molecular formula is C18H16ClNO5. The van der Waals surface area contributed by atoms with Crippen molar-refractivity contribution in [2.45, 2.75) is 12.8 Å².